The molecule has 0 amide bonds. The van der Waals surface area contributed by atoms with Crippen LogP contribution in [0.15, 0.2) is 54.7 Å². The Morgan fingerprint density at radius 1 is 1.08 bits per heavy atom. The number of nitrogens with one attached hydrogen (secondary N) is 1. The lowest BCUT2D eigenvalue weighted by Gasteiger charge is -2.12. The number of hydrogen-bond acceptors (Lipinski definition) is 3. The summed E-state index contributed by atoms with van der Waals surface area (Å²) in [5.41, 5.74) is 3.01. The first-order valence-corrected chi connectivity index (χ1v) is 8.00. The first-order valence-electron chi connectivity index (χ1n) is 8.00. The molecule has 3 aromatic rings. The van der Waals surface area contributed by atoms with Crippen LogP contribution in [0.4, 0.5) is 0 Å². The normalized spacial score (nSPS) is 12.1. The molecule has 2 aromatic carbocycles. The maximum absolute atomic E-state index is 12.4. The predicted molar refractivity (Wildman–Crippen MR) is 93.3 cm³/mol. The molecule has 1 atom stereocenters. The molecule has 0 aliphatic rings. The van der Waals surface area contributed by atoms with Gasteiger partial charge in [0.05, 0.1) is 5.56 Å². The highest BCUT2D eigenvalue weighted by atomic mass is 16.5. The second-order valence-electron chi connectivity index (χ2n) is 5.71. The molecule has 3 rings (SSSR count). The molecular weight excluding hydrogens is 302 g/mol. The van der Waals surface area contributed by atoms with Gasteiger partial charge < -0.3 is 9.72 Å². The van der Waals surface area contributed by atoms with Crippen molar-refractivity contribution in [2.45, 2.75) is 26.4 Å². The van der Waals surface area contributed by atoms with Gasteiger partial charge in [0, 0.05) is 22.7 Å². The van der Waals surface area contributed by atoms with Gasteiger partial charge in [0.2, 0.25) is 5.78 Å². The minimum Gasteiger partial charge on any atom is -0.451 e. The second kappa shape index (κ2) is 6.71. The van der Waals surface area contributed by atoms with Crippen LogP contribution in [0, 0.1) is 0 Å². The van der Waals surface area contributed by atoms with E-state index in [1.54, 1.807) is 25.3 Å². The number of H-pyrrole nitrogens is 1. The summed E-state index contributed by atoms with van der Waals surface area (Å²) in [6, 6.07) is 14.9. The van der Waals surface area contributed by atoms with Crippen LogP contribution in [0.5, 0.6) is 0 Å². The molecule has 1 aromatic heterocycles. The van der Waals surface area contributed by atoms with Gasteiger partial charge in [-0.1, -0.05) is 49.4 Å². The van der Waals surface area contributed by atoms with Gasteiger partial charge in [-0.2, -0.15) is 0 Å². The molecule has 0 bridgehead atoms. The fraction of sp³-hybridized carbons (Fsp3) is 0.200. The molecule has 122 valence electrons. The van der Waals surface area contributed by atoms with E-state index in [0.717, 1.165) is 22.9 Å². The summed E-state index contributed by atoms with van der Waals surface area (Å²) < 4.78 is 5.37. The summed E-state index contributed by atoms with van der Waals surface area (Å²) >= 11 is 0. The van der Waals surface area contributed by atoms with Gasteiger partial charge in [-0.05, 0) is 25.0 Å². The van der Waals surface area contributed by atoms with Crippen molar-refractivity contribution in [3.05, 3.63) is 71.4 Å². The molecule has 4 heteroatoms. The Morgan fingerprint density at radius 3 is 2.50 bits per heavy atom. The zero-order valence-corrected chi connectivity index (χ0v) is 13.7. The number of aromatic nitrogens is 1. The molecule has 0 radical (unpaired) electrons. The van der Waals surface area contributed by atoms with Crippen LogP contribution >= 0.6 is 0 Å². The summed E-state index contributed by atoms with van der Waals surface area (Å²) in [7, 11) is 0. The lowest BCUT2D eigenvalue weighted by molar-refractivity contribution is 0.0321. The molecule has 1 N–H and O–H groups in total. The van der Waals surface area contributed by atoms with Crippen LogP contribution < -0.4 is 0 Å². The topological polar surface area (TPSA) is 59.2 Å². The van der Waals surface area contributed by atoms with Gasteiger partial charge >= 0.3 is 5.97 Å². The average molecular weight is 321 g/mol. The number of para-hydroxylation sites is 1. The number of esters is 1. The van der Waals surface area contributed by atoms with Crippen molar-refractivity contribution in [1.82, 2.24) is 4.98 Å². The van der Waals surface area contributed by atoms with E-state index in [-0.39, 0.29) is 5.78 Å². The molecule has 1 heterocycles. The van der Waals surface area contributed by atoms with E-state index in [2.05, 4.69) is 11.9 Å². The highest BCUT2D eigenvalue weighted by Gasteiger charge is 2.22. The average Bonchev–Trinajstić information content (AvgIpc) is 3.05. The van der Waals surface area contributed by atoms with E-state index >= 15 is 0 Å². The fourth-order valence-corrected chi connectivity index (χ4v) is 2.66. The fourth-order valence-electron chi connectivity index (χ4n) is 2.66. The summed E-state index contributed by atoms with van der Waals surface area (Å²) in [5.74, 6) is -0.704. The van der Waals surface area contributed by atoms with Crippen LogP contribution in [0.3, 0.4) is 0 Å². The van der Waals surface area contributed by atoms with Gasteiger partial charge in [-0.25, -0.2) is 4.79 Å². The van der Waals surface area contributed by atoms with Crippen LogP contribution in [-0.4, -0.2) is 22.8 Å². The van der Waals surface area contributed by atoms with E-state index in [1.165, 1.54) is 0 Å². The molecule has 0 spiro atoms. The summed E-state index contributed by atoms with van der Waals surface area (Å²) in [6.07, 6.45) is 1.69. The highest BCUT2D eigenvalue weighted by molar-refractivity contribution is 6.06. The Bertz CT molecular complexity index is 877. The van der Waals surface area contributed by atoms with Crippen molar-refractivity contribution in [2.24, 2.45) is 0 Å². The molecule has 0 aliphatic heterocycles. The summed E-state index contributed by atoms with van der Waals surface area (Å²) in [4.78, 5) is 27.8. The monoisotopic (exact) mass is 321 g/mol. The Morgan fingerprint density at radius 2 is 1.79 bits per heavy atom. The minimum absolute atomic E-state index is 0.203. The number of benzene rings is 2. The van der Waals surface area contributed by atoms with E-state index in [9.17, 15) is 9.59 Å². The van der Waals surface area contributed by atoms with E-state index in [4.69, 9.17) is 4.74 Å². The lowest BCUT2D eigenvalue weighted by atomic mass is 10.0. The van der Waals surface area contributed by atoms with Crippen LogP contribution in [0.25, 0.3) is 10.9 Å². The number of carbonyl (C=O) groups excluding carboxylic acids is 2. The Labute approximate surface area is 140 Å². The number of carbonyl (C=O) groups is 2. The largest absolute Gasteiger partial charge is 0.451 e. The van der Waals surface area contributed by atoms with Gasteiger partial charge in [0.15, 0.2) is 6.10 Å². The quantitative estimate of drug-likeness (QED) is 0.567. The van der Waals surface area contributed by atoms with Gasteiger partial charge in [0.1, 0.15) is 0 Å². The Balaban J connectivity index is 1.74. The SMILES string of the molecule is CCc1ccc(C(=O)[C@H](C)OC(=O)c2c[nH]c3ccccc23)cc1. The van der Waals surface area contributed by atoms with Crippen molar-refractivity contribution >= 4 is 22.7 Å². The van der Waals surface area contributed by atoms with Gasteiger partial charge in [-0.3, -0.25) is 4.79 Å². The standard InChI is InChI=1S/C20H19NO3/c1-3-14-8-10-15(11-9-14)19(22)13(2)24-20(23)17-12-21-18-7-5-4-6-16(17)18/h4-13,21H,3H2,1-2H3/t13-/m0/s1. The number of ketones is 1. The van der Waals surface area contributed by atoms with Crippen LogP contribution in [0.2, 0.25) is 0 Å². The van der Waals surface area contributed by atoms with E-state index < -0.39 is 12.1 Å². The first kappa shape index (κ1) is 16.0. The number of aryl methyl sites for hydroxylation is 1. The number of Topliss-reactive ketones (excluding diaryl/α,β-unsaturated/α-hetero) is 1. The van der Waals surface area contributed by atoms with Crippen molar-refractivity contribution in [1.29, 1.82) is 0 Å². The maximum atomic E-state index is 12.4. The van der Waals surface area contributed by atoms with Crippen LogP contribution in [0.1, 0.15) is 40.1 Å². The molecule has 0 aliphatic carbocycles. The van der Waals surface area contributed by atoms with E-state index in [1.807, 2.05) is 36.4 Å². The number of ether oxygens (including phenoxy) is 1. The third-order valence-corrected chi connectivity index (χ3v) is 4.11. The third-order valence-electron chi connectivity index (χ3n) is 4.11. The third kappa shape index (κ3) is 3.08. The summed E-state index contributed by atoms with van der Waals surface area (Å²) in [5, 5.41) is 0.787. The number of fused-ring (bicyclic) bond motifs is 1. The predicted octanol–water partition coefficient (Wildman–Crippen LogP) is 4.16. The molecular formula is C20H19NO3. The van der Waals surface area contributed by atoms with Crippen molar-refractivity contribution in [3.63, 3.8) is 0 Å². The van der Waals surface area contributed by atoms with Gasteiger partial charge in [-0.15, -0.1) is 0 Å². The Hall–Kier alpha value is -2.88. The molecule has 0 fully saturated rings. The van der Waals surface area contributed by atoms with Crippen molar-refractivity contribution in [2.75, 3.05) is 0 Å². The number of rotatable bonds is 5. The minimum atomic E-state index is -0.835. The molecule has 24 heavy (non-hydrogen) atoms. The smallest absolute Gasteiger partial charge is 0.341 e. The van der Waals surface area contributed by atoms with Gasteiger partial charge in [0.25, 0.3) is 0 Å². The summed E-state index contributed by atoms with van der Waals surface area (Å²) in [6.45, 7) is 3.66. The zero-order chi connectivity index (χ0) is 17.1. The number of aromatic amines is 1. The number of hydrogen-bond donors (Lipinski definition) is 1. The second-order valence-corrected chi connectivity index (χ2v) is 5.71. The zero-order valence-electron chi connectivity index (χ0n) is 13.7. The highest BCUT2D eigenvalue weighted by Crippen LogP contribution is 2.19. The molecule has 4 nitrogen and oxygen atoms in total. The van der Waals surface area contributed by atoms with Crippen molar-refractivity contribution in [3.8, 4) is 0 Å². The molecule has 0 saturated carbocycles. The first-order chi connectivity index (χ1) is 11.6. The van der Waals surface area contributed by atoms with Crippen LogP contribution in [-0.2, 0) is 11.2 Å². The maximum Gasteiger partial charge on any atom is 0.341 e. The molecule has 0 unspecified atom stereocenters. The van der Waals surface area contributed by atoms with Crippen molar-refractivity contribution < 1.29 is 14.3 Å². The van der Waals surface area contributed by atoms with E-state index in [0.29, 0.717) is 11.1 Å². The lowest BCUT2D eigenvalue weighted by Crippen LogP contribution is -2.24. The Kier molecular flexibility index (Phi) is 4.47. The molecule has 0 saturated heterocycles.